The summed E-state index contributed by atoms with van der Waals surface area (Å²) in [5.74, 6) is -0.548. The number of hydrogen-bond acceptors (Lipinski definition) is 3. The highest BCUT2D eigenvalue weighted by Crippen LogP contribution is 2.33. The van der Waals surface area contributed by atoms with Gasteiger partial charge in [0.1, 0.15) is 4.60 Å². The van der Waals surface area contributed by atoms with Gasteiger partial charge in [0, 0.05) is 10.7 Å². The van der Waals surface area contributed by atoms with Crippen LogP contribution in [0.15, 0.2) is 15.3 Å². The summed E-state index contributed by atoms with van der Waals surface area (Å²) >= 11 is 6.05. The van der Waals surface area contributed by atoms with Crippen LogP contribution in [-0.2, 0) is 16.0 Å². The molecule has 0 N–H and O–H groups in total. The molecule has 1 rings (SSSR count). The quantitative estimate of drug-likeness (QED) is 0.598. The third-order valence-electron chi connectivity index (χ3n) is 1.97. The number of ether oxygens (including phenoxy) is 1. The van der Waals surface area contributed by atoms with Crippen molar-refractivity contribution in [2.75, 3.05) is 6.61 Å². The zero-order valence-electron chi connectivity index (χ0n) is 8.84. The standard InChI is InChI=1S/C10H9Br2F2NO2/c1-2-17-7(16)3-5-6(11)4-15-9(12)8(5)10(13)14/h4,10H,2-3H2,1H3. The monoisotopic (exact) mass is 371 g/mol. The van der Waals surface area contributed by atoms with E-state index in [2.05, 4.69) is 36.8 Å². The minimum Gasteiger partial charge on any atom is -0.466 e. The predicted molar refractivity (Wildman–Crippen MR) is 64.9 cm³/mol. The SMILES string of the molecule is CCOC(=O)Cc1c(Br)cnc(Br)c1C(F)F. The summed E-state index contributed by atoms with van der Waals surface area (Å²) in [7, 11) is 0. The molecule has 0 atom stereocenters. The van der Waals surface area contributed by atoms with Crippen LogP contribution >= 0.6 is 31.9 Å². The van der Waals surface area contributed by atoms with Crippen LogP contribution in [0.3, 0.4) is 0 Å². The number of hydrogen-bond donors (Lipinski definition) is 0. The molecule has 7 heteroatoms. The lowest BCUT2D eigenvalue weighted by molar-refractivity contribution is -0.142. The predicted octanol–water partition coefficient (Wildman–Crippen LogP) is 3.65. The first-order valence-corrected chi connectivity index (χ1v) is 6.32. The normalized spacial score (nSPS) is 10.7. The van der Waals surface area contributed by atoms with E-state index in [1.807, 2.05) is 0 Å². The fourth-order valence-corrected chi connectivity index (χ4v) is 2.24. The first-order valence-electron chi connectivity index (χ1n) is 4.73. The topological polar surface area (TPSA) is 39.2 Å². The van der Waals surface area contributed by atoms with Crippen LogP contribution in [0.4, 0.5) is 8.78 Å². The molecule has 0 aromatic carbocycles. The molecule has 0 saturated heterocycles. The van der Waals surface area contributed by atoms with E-state index in [9.17, 15) is 13.6 Å². The van der Waals surface area contributed by atoms with Crippen LogP contribution in [0, 0.1) is 0 Å². The Labute approximate surface area is 114 Å². The number of halogens is 4. The van der Waals surface area contributed by atoms with Crippen molar-refractivity contribution in [3.63, 3.8) is 0 Å². The van der Waals surface area contributed by atoms with Crippen LogP contribution in [-0.4, -0.2) is 17.6 Å². The van der Waals surface area contributed by atoms with Gasteiger partial charge in [-0.1, -0.05) is 0 Å². The molecule has 17 heavy (non-hydrogen) atoms. The van der Waals surface area contributed by atoms with Gasteiger partial charge in [0.15, 0.2) is 0 Å². The molecule has 94 valence electrons. The Morgan fingerprint density at radius 2 is 2.18 bits per heavy atom. The summed E-state index contributed by atoms with van der Waals surface area (Å²) in [5, 5.41) is 0. The van der Waals surface area contributed by atoms with Gasteiger partial charge in [-0.05, 0) is 44.3 Å². The highest BCUT2D eigenvalue weighted by molar-refractivity contribution is 9.11. The lowest BCUT2D eigenvalue weighted by atomic mass is 10.1. The fourth-order valence-electron chi connectivity index (χ4n) is 1.27. The third-order valence-corrected chi connectivity index (χ3v) is 3.29. The van der Waals surface area contributed by atoms with Gasteiger partial charge in [-0.3, -0.25) is 4.79 Å². The molecular weight excluding hydrogens is 364 g/mol. The third kappa shape index (κ3) is 3.70. The largest absolute Gasteiger partial charge is 0.466 e. The van der Waals surface area contributed by atoms with E-state index in [1.54, 1.807) is 6.92 Å². The van der Waals surface area contributed by atoms with Crippen molar-refractivity contribution >= 4 is 37.8 Å². The number of carbonyl (C=O) groups is 1. The van der Waals surface area contributed by atoms with Gasteiger partial charge >= 0.3 is 5.97 Å². The molecule has 0 bridgehead atoms. The fraction of sp³-hybridized carbons (Fsp3) is 0.400. The summed E-state index contributed by atoms with van der Waals surface area (Å²) in [6, 6.07) is 0. The molecule has 0 amide bonds. The Bertz CT molecular complexity index is 427. The van der Waals surface area contributed by atoms with E-state index in [-0.39, 0.29) is 28.8 Å². The van der Waals surface area contributed by atoms with Crippen molar-refractivity contribution in [2.45, 2.75) is 19.8 Å². The van der Waals surface area contributed by atoms with Crippen molar-refractivity contribution in [3.8, 4) is 0 Å². The molecule has 1 heterocycles. The highest BCUT2D eigenvalue weighted by Gasteiger charge is 2.22. The van der Waals surface area contributed by atoms with Crippen LogP contribution in [0.25, 0.3) is 0 Å². The molecule has 0 fully saturated rings. The summed E-state index contributed by atoms with van der Waals surface area (Å²) in [5.41, 5.74) is -0.0900. The van der Waals surface area contributed by atoms with Crippen LogP contribution in [0.2, 0.25) is 0 Å². The van der Waals surface area contributed by atoms with E-state index in [0.717, 1.165) is 0 Å². The Balaban J connectivity index is 3.12. The number of esters is 1. The zero-order valence-corrected chi connectivity index (χ0v) is 12.0. The Morgan fingerprint density at radius 1 is 1.53 bits per heavy atom. The number of aromatic nitrogens is 1. The molecule has 0 spiro atoms. The Hall–Kier alpha value is -0.560. The highest BCUT2D eigenvalue weighted by atomic mass is 79.9. The minimum absolute atomic E-state index is 0.0370. The van der Waals surface area contributed by atoms with E-state index >= 15 is 0 Å². The van der Waals surface area contributed by atoms with Gasteiger partial charge < -0.3 is 4.74 Å². The molecular formula is C10H9Br2F2NO2. The maximum atomic E-state index is 12.9. The second kappa shape index (κ2) is 6.39. The van der Waals surface area contributed by atoms with Gasteiger partial charge in [0.2, 0.25) is 0 Å². The van der Waals surface area contributed by atoms with Gasteiger partial charge in [-0.25, -0.2) is 13.8 Å². The van der Waals surface area contributed by atoms with Crippen LogP contribution < -0.4 is 0 Å². The molecule has 1 aromatic heterocycles. The van der Waals surface area contributed by atoms with Gasteiger partial charge in [-0.2, -0.15) is 0 Å². The lowest BCUT2D eigenvalue weighted by Crippen LogP contribution is -2.11. The van der Waals surface area contributed by atoms with Crippen LogP contribution in [0.1, 0.15) is 24.5 Å². The van der Waals surface area contributed by atoms with Crippen molar-refractivity contribution in [1.82, 2.24) is 4.98 Å². The van der Waals surface area contributed by atoms with Crippen molar-refractivity contribution in [2.24, 2.45) is 0 Å². The number of nitrogens with zero attached hydrogens (tertiary/aromatic N) is 1. The molecule has 0 saturated carbocycles. The van der Waals surface area contributed by atoms with E-state index in [1.165, 1.54) is 6.20 Å². The first-order chi connectivity index (χ1) is 7.97. The molecule has 0 radical (unpaired) electrons. The van der Waals surface area contributed by atoms with Gasteiger partial charge in [-0.15, -0.1) is 0 Å². The van der Waals surface area contributed by atoms with E-state index in [0.29, 0.717) is 4.47 Å². The molecule has 0 aliphatic heterocycles. The molecule has 0 unspecified atom stereocenters. The maximum Gasteiger partial charge on any atom is 0.310 e. The number of pyridine rings is 1. The average Bonchev–Trinajstić information content (AvgIpc) is 2.23. The summed E-state index contributed by atoms with van der Waals surface area (Å²) in [6.07, 6.45) is -1.56. The Kier molecular flexibility index (Phi) is 5.45. The lowest BCUT2D eigenvalue weighted by Gasteiger charge is -2.11. The summed E-state index contributed by atoms with van der Waals surface area (Å²) < 4.78 is 30.9. The van der Waals surface area contributed by atoms with Gasteiger partial charge in [0.25, 0.3) is 6.43 Å². The van der Waals surface area contributed by atoms with Crippen molar-refractivity contribution in [3.05, 3.63) is 26.4 Å². The summed E-state index contributed by atoms with van der Waals surface area (Å²) in [4.78, 5) is 15.1. The summed E-state index contributed by atoms with van der Waals surface area (Å²) in [6.45, 7) is 1.87. The Morgan fingerprint density at radius 3 is 2.71 bits per heavy atom. The van der Waals surface area contributed by atoms with E-state index < -0.39 is 12.4 Å². The number of alkyl halides is 2. The second-order valence-corrected chi connectivity index (χ2v) is 4.68. The van der Waals surface area contributed by atoms with E-state index in [4.69, 9.17) is 4.74 Å². The zero-order chi connectivity index (χ0) is 13.0. The van der Waals surface area contributed by atoms with Crippen LogP contribution in [0.5, 0.6) is 0 Å². The molecule has 0 aliphatic rings. The molecule has 0 aliphatic carbocycles. The number of rotatable bonds is 4. The average molecular weight is 373 g/mol. The maximum absolute atomic E-state index is 12.9. The minimum atomic E-state index is -2.71. The van der Waals surface area contributed by atoms with Crippen molar-refractivity contribution in [1.29, 1.82) is 0 Å². The number of carbonyl (C=O) groups excluding carboxylic acids is 1. The smallest absolute Gasteiger partial charge is 0.310 e. The first kappa shape index (κ1) is 14.5. The molecule has 1 aromatic rings. The van der Waals surface area contributed by atoms with Crippen molar-refractivity contribution < 1.29 is 18.3 Å². The molecule has 3 nitrogen and oxygen atoms in total. The second-order valence-electron chi connectivity index (χ2n) is 3.07. The van der Waals surface area contributed by atoms with Gasteiger partial charge in [0.05, 0.1) is 18.6 Å².